The molecule has 5 nitrogen and oxygen atoms in total. The summed E-state index contributed by atoms with van der Waals surface area (Å²) in [6, 6.07) is 0. The smallest absolute Gasteiger partial charge is 0.191 e. The van der Waals surface area contributed by atoms with Gasteiger partial charge in [0.15, 0.2) is 5.96 Å². The number of aromatic nitrogens is 1. The molecule has 0 radical (unpaired) electrons. The van der Waals surface area contributed by atoms with E-state index in [1.54, 1.807) is 11.3 Å². The minimum absolute atomic E-state index is 0. The SMILES string of the molecule is CCNC(=NCC1CCCO1)NCCCSc1nccs1.I. The molecule has 0 saturated carbocycles. The van der Waals surface area contributed by atoms with Crippen molar-refractivity contribution in [1.82, 2.24) is 15.6 Å². The van der Waals surface area contributed by atoms with E-state index in [2.05, 4.69) is 27.5 Å². The van der Waals surface area contributed by atoms with Gasteiger partial charge in [-0.2, -0.15) is 0 Å². The molecule has 22 heavy (non-hydrogen) atoms. The Morgan fingerprint density at radius 1 is 1.55 bits per heavy atom. The zero-order chi connectivity index (χ0) is 14.8. The number of rotatable bonds is 8. The number of hydrogen-bond donors (Lipinski definition) is 2. The summed E-state index contributed by atoms with van der Waals surface area (Å²) in [5.41, 5.74) is 0. The second-order valence-corrected chi connectivity index (χ2v) is 7.02. The minimum Gasteiger partial charge on any atom is -0.376 e. The molecule has 2 rings (SSSR count). The molecule has 1 saturated heterocycles. The molecule has 1 fully saturated rings. The summed E-state index contributed by atoms with van der Waals surface area (Å²) in [5, 5.41) is 8.67. The maximum atomic E-state index is 5.59. The molecule has 0 spiro atoms. The van der Waals surface area contributed by atoms with Crippen LogP contribution in [0.3, 0.4) is 0 Å². The van der Waals surface area contributed by atoms with E-state index in [9.17, 15) is 0 Å². The van der Waals surface area contributed by atoms with Crippen LogP contribution in [0, 0.1) is 0 Å². The van der Waals surface area contributed by atoms with Crippen LogP contribution in [0.25, 0.3) is 0 Å². The standard InChI is InChI=1S/C14H24N4OS2.HI/c1-2-15-13(18-11-12-5-3-8-19-12)16-6-4-9-20-14-17-7-10-21-14;/h7,10,12H,2-6,8-9,11H2,1H3,(H2,15,16,18);1H. The molecule has 1 aromatic rings. The molecule has 2 N–H and O–H groups in total. The number of aliphatic imine (C=N–C) groups is 1. The van der Waals surface area contributed by atoms with Crippen molar-refractivity contribution in [2.45, 2.75) is 36.6 Å². The van der Waals surface area contributed by atoms with Gasteiger partial charge >= 0.3 is 0 Å². The van der Waals surface area contributed by atoms with Gasteiger partial charge in [-0.05, 0) is 26.2 Å². The third-order valence-corrected chi connectivity index (χ3v) is 5.12. The molecule has 1 aliphatic heterocycles. The first kappa shape index (κ1) is 20.0. The van der Waals surface area contributed by atoms with Crippen LogP contribution in [-0.4, -0.2) is 49.0 Å². The fourth-order valence-electron chi connectivity index (χ4n) is 2.04. The molecule has 0 amide bonds. The minimum atomic E-state index is 0. The van der Waals surface area contributed by atoms with Crippen LogP contribution in [0.5, 0.6) is 0 Å². The van der Waals surface area contributed by atoms with Crippen molar-refractivity contribution in [3.05, 3.63) is 11.6 Å². The van der Waals surface area contributed by atoms with Crippen LogP contribution in [0.2, 0.25) is 0 Å². The second-order valence-electron chi connectivity index (χ2n) is 4.78. The van der Waals surface area contributed by atoms with Gasteiger partial charge < -0.3 is 15.4 Å². The summed E-state index contributed by atoms with van der Waals surface area (Å²) >= 11 is 3.51. The lowest BCUT2D eigenvalue weighted by Crippen LogP contribution is -2.38. The van der Waals surface area contributed by atoms with E-state index in [1.165, 1.54) is 0 Å². The van der Waals surface area contributed by atoms with E-state index in [0.717, 1.165) is 61.6 Å². The summed E-state index contributed by atoms with van der Waals surface area (Å²) in [5.74, 6) is 1.97. The fraction of sp³-hybridized carbons (Fsp3) is 0.714. The molecule has 0 aromatic carbocycles. The first-order valence-electron chi connectivity index (χ1n) is 7.54. The Bertz CT molecular complexity index is 411. The van der Waals surface area contributed by atoms with Crippen molar-refractivity contribution in [2.24, 2.45) is 4.99 Å². The van der Waals surface area contributed by atoms with Crippen LogP contribution < -0.4 is 10.6 Å². The van der Waals surface area contributed by atoms with Crippen LogP contribution in [0.4, 0.5) is 0 Å². The van der Waals surface area contributed by atoms with E-state index in [-0.39, 0.29) is 24.0 Å². The van der Waals surface area contributed by atoms with E-state index in [0.29, 0.717) is 6.10 Å². The number of thioether (sulfide) groups is 1. The lowest BCUT2D eigenvalue weighted by atomic mass is 10.2. The van der Waals surface area contributed by atoms with Gasteiger partial charge in [0.2, 0.25) is 0 Å². The van der Waals surface area contributed by atoms with Crippen molar-refractivity contribution in [2.75, 3.05) is 32.0 Å². The van der Waals surface area contributed by atoms with Crippen LogP contribution in [0.15, 0.2) is 20.9 Å². The van der Waals surface area contributed by atoms with E-state index < -0.39 is 0 Å². The Labute approximate surface area is 158 Å². The van der Waals surface area contributed by atoms with Gasteiger partial charge in [0.05, 0.1) is 12.6 Å². The van der Waals surface area contributed by atoms with Crippen molar-refractivity contribution in [3.63, 3.8) is 0 Å². The predicted octanol–water partition coefficient (Wildman–Crippen LogP) is 2.98. The van der Waals surface area contributed by atoms with E-state index in [1.807, 2.05) is 23.3 Å². The molecule has 8 heteroatoms. The third kappa shape index (κ3) is 7.98. The van der Waals surface area contributed by atoms with E-state index >= 15 is 0 Å². The van der Waals surface area contributed by atoms with Gasteiger partial charge in [0.25, 0.3) is 0 Å². The Kier molecular flexibility index (Phi) is 11.2. The summed E-state index contributed by atoms with van der Waals surface area (Å²) in [7, 11) is 0. The summed E-state index contributed by atoms with van der Waals surface area (Å²) in [4.78, 5) is 8.86. The van der Waals surface area contributed by atoms with Crippen molar-refractivity contribution < 1.29 is 4.74 Å². The highest BCUT2D eigenvalue weighted by atomic mass is 127. The molecule has 1 unspecified atom stereocenters. The summed E-state index contributed by atoms with van der Waals surface area (Å²) in [6.45, 7) is 5.53. The van der Waals surface area contributed by atoms with Crippen molar-refractivity contribution in [3.8, 4) is 0 Å². The quantitative estimate of drug-likeness (QED) is 0.207. The Morgan fingerprint density at radius 3 is 3.14 bits per heavy atom. The average Bonchev–Trinajstić information content (AvgIpc) is 3.17. The molecule has 1 aromatic heterocycles. The number of nitrogens with one attached hydrogen (secondary N) is 2. The molecule has 126 valence electrons. The van der Waals surface area contributed by atoms with Crippen molar-refractivity contribution in [1.29, 1.82) is 0 Å². The van der Waals surface area contributed by atoms with Crippen LogP contribution in [-0.2, 0) is 4.74 Å². The molecular formula is C14H25IN4OS2. The highest BCUT2D eigenvalue weighted by Crippen LogP contribution is 2.20. The van der Waals surface area contributed by atoms with Gasteiger partial charge in [0.1, 0.15) is 4.34 Å². The number of hydrogen-bond acceptors (Lipinski definition) is 5. The Balaban J connectivity index is 0.00000242. The maximum absolute atomic E-state index is 5.59. The van der Waals surface area contributed by atoms with Gasteiger partial charge in [-0.15, -0.1) is 35.3 Å². The zero-order valence-corrected chi connectivity index (χ0v) is 16.9. The largest absolute Gasteiger partial charge is 0.376 e. The number of nitrogens with zero attached hydrogens (tertiary/aromatic N) is 2. The van der Waals surface area contributed by atoms with Crippen LogP contribution >= 0.6 is 47.1 Å². The van der Waals surface area contributed by atoms with Gasteiger partial charge in [0, 0.05) is 37.0 Å². The second kappa shape index (κ2) is 12.4. The van der Waals surface area contributed by atoms with E-state index in [4.69, 9.17) is 4.74 Å². The third-order valence-electron chi connectivity index (χ3n) is 3.07. The monoisotopic (exact) mass is 456 g/mol. The molecule has 1 aliphatic rings. The number of guanidine groups is 1. The maximum Gasteiger partial charge on any atom is 0.191 e. The summed E-state index contributed by atoms with van der Waals surface area (Å²) < 4.78 is 6.74. The Morgan fingerprint density at radius 2 is 2.45 bits per heavy atom. The Hall–Kier alpha value is -0.0600. The molecule has 0 bridgehead atoms. The molecule has 2 heterocycles. The highest BCUT2D eigenvalue weighted by Gasteiger charge is 2.14. The lowest BCUT2D eigenvalue weighted by molar-refractivity contribution is 0.117. The molecule has 0 aliphatic carbocycles. The normalized spacial score (nSPS) is 18.0. The van der Waals surface area contributed by atoms with Gasteiger partial charge in [-0.3, -0.25) is 4.99 Å². The molecular weight excluding hydrogens is 431 g/mol. The molecule has 1 atom stereocenters. The first-order valence-corrected chi connectivity index (χ1v) is 9.41. The lowest BCUT2D eigenvalue weighted by Gasteiger charge is -2.12. The van der Waals surface area contributed by atoms with Gasteiger partial charge in [-0.1, -0.05) is 11.8 Å². The summed E-state index contributed by atoms with van der Waals surface area (Å²) in [6.07, 6.45) is 5.55. The van der Waals surface area contributed by atoms with Crippen LogP contribution in [0.1, 0.15) is 26.2 Å². The number of halogens is 1. The average molecular weight is 456 g/mol. The number of thiazole rings is 1. The highest BCUT2D eigenvalue weighted by molar-refractivity contribution is 14.0. The van der Waals surface area contributed by atoms with Gasteiger partial charge in [-0.25, -0.2) is 4.98 Å². The zero-order valence-electron chi connectivity index (χ0n) is 12.9. The first-order chi connectivity index (χ1) is 10.4. The van der Waals surface area contributed by atoms with Crippen molar-refractivity contribution >= 4 is 53.0 Å². The fourth-order valence-corrected chi connectivity index (χ4v) is 3.69. The topological polar surface area (TPSA) is 58.5 Å². The predicted molar refractivity (Wildman–Crippen MR) is 106 cm³/mol. The number of ether oxygens (including phenoxy) is 1.